The number of aliphatic carboxylic acids is 1. The summed E-state index contributed by atoms with van der Waals surface area (Å²) in [6.07, 6.45) is 3.98. The van der Waals surface area contributed by atoms with Gasteiger partial charge in [-0.1, -0.05) is 0 Å². The number of ether oxygens (including phenoxy) is 1. The Morgan fingerprint density at radius 2 is 2.04 bits per heavy atom. The van der Waals surface area contributed by atoms with E-state index in [0.717, 1.165) is 25.2 Å². The van der Waals surface area contributed by atoms with E-state index >= 15 is 0 Å². The molecule has 0 bridgehead atoms. The van der Waals surface area contributed by atoms with Gasteiger partial charge in [0.05, 0.1) is 18.6 Å². The first-order chi connectivity index (χ1) is 11.4. The highest BCUT2D eigenvalue weighted by molar-refractivity contribution is 5.82. The molecule has 1 atom stereocenters. The van der Waals surface area contributed by atoms with Crippen LogP contribution in [-0.2, 0) is 14.9 Å². The average Bonchev–Trinajstić information content (AvgIpc) is 3.01. The van der Waals surface area contributed by atoms with Crippen LogP contribution in [0.3, 0.4) is 0 Å². The number of aromatic nitrogens is 2. The molecule has 2 aliphatic rings. The molecule has 24 heavy (non-hydrogen) atoms. The van der Waals surface area contributed by atoms with Gasteiger partial charge >= 0.3 is 5.97 Å². The fraction of sp³-hybridized carbons (Fsp3) is 0.706. The average molecular weight is 334 g/mol. The first kappa shape index (κ1) is 17.0. The zero-order chi connectivity index (χ0) is 17.3. The molecule has 3 heterocycles. The quantitative estimate of drug-likeness (QED) is 0.897. The van der Waals surface area contributed by atoms with Crippen LogP contribution in [0, 0.1) is 0 Å². The third-order valence-corrected chi connectivity index (χ3v) is 5.08. The summed E-state index contributed by atoms with van der Waals surface area (Å²) in [7, 11) is 0. The molecule has 2 aliphatic heterocycles. The zero-order valence-electron chi connectivity index (χ0n) is 14.7. The van der Waals surface area contributed by atoms with Crippen LogP contribution in [0.5, 0.6) is 0 Å². The van der Waals surface area contributed by atoms with Gasteiger partial charge in [0, 0.05) is 37.4 Å². The van der Waals surface area contributed by atoms with E-state index in [2.05, 4.69) is 21.7 Å². The highest BCUT2D eigenvalue weighted by atomic mass is 16.5. The molecule has 1 N–H and O–H groups in total. The summed E-state index contributed by atoms with van der Waals surface area (Å²) < 4.78 is 5.43. The van der Waals surface area contributed by atoms with Crippen molar-refractivity contribution in [2.24, 2.45) is 0 Å². The lowest BCUT2D eigenvalue weighted by Crippen LogP contribution is -2.40. The lowest BCUT2D eigenvalue weighted by molar-refractivity contribution is -0.142. The summed E-state index contributed by atoms with van der Waals surface area (Å²) in [5.41, 5.74) is -0.379. The third-order valence-electron chi connectivity index (χ3n) is 5.08. The second-order valence-corrected chi connectivity index (χ2v) is 7.12. The lowest BCUT2D eigenvalue weighted by Gasteiger charge is -2.33. The van der Waals surface area contributed by atoms with Crippen LogP contribution in [-0.4, -0.2) is 59.9 Å². The van der Waals surface area contributed by atoms with E-state index in [1.165, 1.54) is 0 Å². The van der Waals surface area contributed by atoms with Crippen molar-refractivity contribution in [3.05, 3.63) is 11.8 Å². The van der Waals surface area contributed by atoms with Crippen molar-refractivity contribution in [2.75, 3.05) is 42.6 Å². The van der Waals surface area contributed by atoms with E-state index in [0.29, 0.717) is 43.9 Å². The van der Waals surface area contributed by atoms with E-state index in [4.69, 9.17) is 9.72 Å². The maximum atomic E-state index is 11.7. The van der Waals surface area contributed by atoms with Gasteiger partial charge in [-0.15, -0.1) is 0 Å². The molecule has 0 unspecified atom stereocenters. The fourth-order valence-corrected chi connectivity index (χ4v) is 3.30. The second-order valence-electron chi connectivity index (χ2n) is 7.12. The minimum atomic E-state index is -1.04. The molecule has 2 saturated heterocycles. The Labute approximate surface area is 142 Å². The Kier molecular flexibility index (Phi) is 4.62. The van der Waals surface area contributed by atoms with Gasteiger partial charge < -0.3 is 19.6 Å². The Hall–Kier alpha value is -1.89. The smallest absolute Gasteiger partial charge is 0.313 e. The minimum Gasteiger partial charge on any atom is -0.481 e. The maximum absolute atomic E-state index is 11.7. The number of carbonyl (C=O) groups is 1. The maximum Gasteiger partial charge on any atom is 0.313 e. The van der Waals surface area contributed by atoms with Crippen molar-refractivity contribution in [3.63, 3.8) is 0 Å². The SMILES string of the molecule is C[C@@H]1CCCN1c1ncc(C(C)(C)C(=O)O)c(N2CCOCC2)n1. The van der Waals surface area contributed by atoms with E-state index in [9.17, 15) is 9.90 Å². The van der Waals surface area contributed by atoms with Crippen molar-refractivity contribution >= 4 is 17.7 Å². The molecule has 3 rings (SSSR count). The van der Waals surface area contributed by atoms with Crippen LogP contribution in [0.15, 0.2) is 6.20 Å². The number of morpholine rings is 1. The second kappa shape index (κ2) is 6.55. The van der Waals surface area contributed by atoms with Crippen LogP contribution in [0.25, 0.3) is 0 Å². The highest BCUT2D eigenvalue weighted by Gasteiger charge is 2.36. The molecule has 1 aromatic rings. The van der Waals surface area contributed by atoms with Gasteiger partial charge in [0.1, 0.15) is 5.82 Å². The number of carboxylic acids is 1. The summed E-state index contributed by atoms with van der Waals surface area (Å²) in [5, 5.41) is 9.63. The Bertz CT molecular complexity index is 614. The fourth-order valence-electron chi connectivity index (χ4n) is 3.30. The van der Waals surface area contributed by atoms with Crippen LogP contribution in [0.2, 0.25) is 0 Å². The molecule has 0 radical (unpaired) electrons. The molecule has 7 nitrogen and oxygen atoms in total. The number of rotatable bonds is 4. The summed E-state index contributed by atoms with van der Waals surface area (Å²) >= 11 is 0. The number of carboxylic acid groups (broad SMARTS) is 1. The van der Waals surface area contributed by atoms with Crippen LogP contribution < -0.4 is 9.80 Å². The van der Waals surface area contributed by atoms with E-state index in [1.807, 2.05) is 0 Å². The van der Waals surface area contributed by atoms with Crippen molar-refractivity contribution < 1.29 is 14.6 Å². The number of nitrogens with zero attached hydrogens (tertiary/aromatic N) is 4. The van der Waals surface area contributed by atoms with Crippen molar-refractivity contribution in [2.45, 2.75) is 45.1 Å². The van der Waals surface area contributed by atoms with E-state index in [1.54, 1.807) is 20.0 Å². The molecule has 1 aromatic heterocycles. The van der Waals surface area contributed by atoms with Gasteiger partial charge in [-0.25, -0.2) is 4.98 Å². The highest BCUT2D eigenvalue weighted by Crippen LogP contribution is 2.33. The zero-order valence-corrected chi connectivity index (χ0v) is 14.7. The first-order valence-corrected chi connectivity index (χ1v) is 8.61. The molecule has 7 heteroatoms. The van der Waals surface area contributed by atoms with Crippen LogP contribution >= 0.6 is 0 Å². The predicted molar refractivity (Wildman–Crippen MR) is 91.8 cm³/mol. The third kappa shape index (κ3) is 3.05. The predicted octanol–water partition coefficient (Wildman–Crippen LogP) is 1.66. The van der Waals surface area contributed by atoms with Crippen molar-refractivity contribution in [3.8, 4) is 0 Å². The van der Waals surface area contributed by atoms with E-state index < -0.39 is 11.4 Å². The van der Waals surface area contributed by atoms with Crippen molar-refractivity contribution in [1.82, 2.24) is 9.97 Å². The molecular weight excluding hydrogens is 308 g/mol. The number of hydrogen-bond donors (Lipinski definition) is 1. The molecule has 0 aliphatic carbocycles. The topological polar surface area (TPSA) is 78.8 Å². The molecular formula is C17H26N4O3. The molecule has 0 aromatic carbocycles. The normalized spacial score (nSPS) is 22.0. The van der Waals surface area contributed by atoms with Gasteiger partial charge in [-0.2, -0.15) is 4.98 Å². The molecule has 0 spiro atoms. The molecule has 0 amide bonds. The number of hydrogen-bond acceptors (Lipinski definition) is 6. The summed E-state index contributed by atoms with van der Waals surface area (Å²) in [4.78, 5) is 25.4. The van der Waals surface area contributed by atoms with Gasteiger partial charge in [0.15, 0.2) is 0 Å². The first-order valence-electron chi connectivity index (χ1n) is 8.61. The van der Waals surface area contributed by atoms with Gasteiger partial charge in [-0.05, 0) is 33.6 Å². The Morgan fingerprint density at radius 1 is 1.33 bits per heavy atom. The summed E-state index contributed by atoms with van der Waals surface area (Å²) in [6, 6.07) is 0.417. The van der Waals surface area contributed by atoms with Crippen molar-refractivity contribution in [1.29, 1.82) is 0 Å². The molecule has 2 fully saturated rings. The van der Waals surface area contributed by atoms with Gasteiger partial charge in [-0.3, -0.25) is 4.79 Å². The molecule has 0 saturated carbocycles. The van der Waals surface area contributed by atoms with Gasteiger partial charge in [0.25, 0.3) is 0 Å². The van der Waals surface area contributed by atoms with E-state index in [-0.39, 0.29) is 0 Å². The Morgan fingerprint density at radius 3 is 2.62 bits per heavy atom. The van der Waals surface area contributed by atoms with Crippen LogP contribution in [0.4, 0.5) is 11.8 Å². The monoisotopic (exact) mass is 334 g/mol. The standard InChI is InChI=1S/C17H26N4O3/c1-12-5-4-6-21(12)16-18-11-13(17(2,3)15(22)23)14(19-16)20-7-9-24-10-8-20/h11-12H,4-10H2,1-3H3,(H,22,23)/t12-/m1/s1. The Balaban J connectivity index is 2.03. The summed E-state index contributed by atoms with van der Waals surface area (Å²) in [5.74, 6) is 0.559. The van der Waals surface area contributed by atoms with Gasteiger partial charge in [0.2, 0.25) is 5.95 Å². The number of anilines is 2. The molecule has 132 valence electrons. The largest absolute Gasteiger partial charge is 0.481 e. The van der Waals surface area contributed by atoms with Crippen LogP contribution in [0.1, 0.15) is 39.2 Å². The lowest BCUT2D eigenvalue weighted by atomic mass is 9.85. The summed E-state index contributed by atoms with van der Waals surface area (Å²) in [6.45, 7) is 9.24. The minimum absolute atomic E-state index is 0.417.